The molecule has 0 aliphatic heterocycles. The van der Waals surface area contributed by atoms with Crippen LogP contribution in [-0.2, 0) is 16.4 Å². The summed E-state index contributed by atoms with van der Waals surface area (Å²) < 4.78 is 22.7. The van der Waals surface area contributed by atoms with Gasteiger partial charge >= 0.3 is 0 Å². The second-order valence-corrected chi connectivity index (χ2v) is 5.03. The van der Waals surface area contributed by atoms with Crippen LogP contribution >= 0.6 is 24.8 Å². The average molecular weight is 272 g/mol. The Hall–Kier alpha value is -0.290. The van der Waals surface area contributed by atoms with Gasteiger partial charge in [-0.15, -0.1) is 24.8 Å². The zero-order valence-corrected chi connectivity index (χ0v) is 10.8. The number of benzene rings is 1. The molecule has 0 fully saturated rings. The van der Waals surface area contributed by atoms with Crippen LogP contribution in [-0.4, -0.2) is 14.2 Å². The van der Waals surface area contributed by atoms with Gasteiger partial charge in [0.05, 0.1) is 10.6 Å². The first-order valence-corrected chi connectivity index (χ1v) is 5.77. The molecular weight excluding hydrogens is 257 g/mol. The predicted molar refractivity (Wildman–Crippen MR) is 66.6 cm³/mol. The summed E-state index contributed by atoms with van der Waals surface area (Å²) in [5, 5.41) is 0. The van der Waals surface area contributed by atoms with Crippen molar-refractivity contribution in [1.82, 2.24) is 0 Å². The Kier molecular flexibility index (Phi) is 8.06. The van der Waals surface area contributed by atoms with Crippen molar-refractivity contribution in [2.75, 3.05) is 5.75 Å². The molecule has 0 unspecified atom stereocenters. The topological polar surface area (TPSA) is 60.2 Å². The smallest absolute Gasteiger partial charge is 0.178 e. The van der Waals surface area contributed by atoms with Crippen molar-refractivity contribution in [3.05, 3.63) is 29.8 Å². The Labute approximate surface area is 103 Å². The lowest BCUT2D eigenvalue weighted by Crippen LogP contribution is -2.04. The minimum atomic E-state index is -3.06. The standard InChI is InChI=1S/C9H13NO2S.2ClH/c1-2-13(11,12)9-5-3-8(7-10)4-6-9;;/h3-6H,2,7,10H2,1H3;2*1H. The summed E-state index contributed by atoms with van der Waals surface area (Å²) in [5.41, 5.74) is 6.33. The highest BCUT2D eigenvalue weighted by Crippen LogP contribution is 2.11. The lowest BCUT2D eigenvalue weighted by atomic mass is 10.2. The molecule has 0 atom stereocenters. The second-order valence-electron chi connectivity index (χ2n) is 2.75. The van der Waals surface area contributed by atoms with Gasteiger partial charge in [0.15, 0.2) is 9.84 Å². The number of hydrogen-bond acceptors (Lipinski definition) is 3. The number of rotatable bonds is 3. The minimum absolute atomic E-state index is 0. The van der Waals surface area contributed by atoms with Crippen molar-refractivity contribution in [3.63, 3.8) is 0 Å². The fourth-order valence-corrected chi connectivity index (χ4v) is 1.88. The number of nitrogens with two attached hydrogens (primary N) is 1. The lowest BCUT2D eigenvalue weighted by Gasteiger charge is -2.01. The molecule has 1 aromatic carbocycles. The minimum Gasteiger partial charge on any atom is -0.326 e. The van der Waals surface area contributed by atoms with Crippen LogP contribution < -0.4 is 5.73 Å². The molecule has 3 nitrogen and oxygen atoms in total. The molecule has 1 aromatic rings. The Bertz CT molecular complexity index is 376. The van der Waals surface area contributed by atoms with Crippen LogP contribution in [0.5, 0.6) is 0 Å². The number of halogens is 2. The highest BCUT2D eigenvalue weighted by Gasteiger charge is 2.09. The predicted octanol–water partition coefficient (Wildman–Crippen LogP) is 1.78. The van der Waals surface area contributed by atoms with E-state index >= 15 is 0 Å². The Morgan fingerprint density at radius 2 is 1.60 bits per heavy atom. The molecule has 6 heteroatoms. The third-order valence-corrected chi connectivity index (χ3v) is 3.65. The van der Waals surface area contributed by atoms with Gasteiger partial charge in [0, 0.05) is 6.54 Å². The van der Waals surface area contributed by atoms with Crippen molar-refractivity contribution in [2.24, 2.45) is 5.73 Å². The van der Waals surface area contributed by atoms with E-state index in [0.717, 1.165) is 5.56 Å². The molecular formula is C9H15Cl2NO2S. The lowest BCUT2D eigenvalue weighted by molar-refractivity contribution is 0.597. The first kappa shape index (κ1) is 17.1. The highest BCUT2D eigenvalue weighted by atomic mass is 35.5. The summed E-state index contributed by atoms with van der Waals surface area (Å²) in [6, 6.07) is 6.67. The van der Waals surface area contributed by atoms with Crippen LogP contribution in [0.2, 0.25) is 0 Å². The van der Waals surface area contributed by atoms with E-state index in [1.807, 2.05) is 0 Å². The molecule has 0 radical (unpaired) electrons. The molecule has 0 amide bonds. The van der Waals surface area contributed by atoms with E-state index in [-0.39, 0.29) is 30.6 Å². The van der Waals surface area contributed by atoms with Crippen molar-refractivity contribution in [2.45, 2.75) is 18.4 Å². The summed E-state index contributed by atoms with van der Waals surface area (Å²) in [5.74, 6) is 0.134. The molecule has 0 aliphatic carbocycles. The second kappa shape index (κ2) is 7.06. The van der Waals surface area contributed by atoms with Crippen LogP contribution in [0.3, 0.4) is 0 Å². The third kappa shape index (κ3) is 4.38. The van der Waals surface area contributed by atoms with E-state index in [2.05, 4.69) is 0 Å². The Morgan fingerprint density at radius 1 is 1.13 bits per heavy atom. The van der Waals surface area contributed by atoms with E-state index in [0.29, 0.717) is 11.4 Å². The van der Waals surface area contributed by atoms with Gasteiger partial charge in [0.25, 0.3) is 0 Å². The quantitative estimate of drug-likeness (QED) is 0.912. The Morgan fingerprint density at radius 3 is 1.93 bits per heavy atom. The maximum atomic E-state index is 11.4. The van der Waals surface area contributed by atoms with Crippen molar-refractivity contribution in [3.8, 4) is 0 Å². The summed E-state index contributed by atoms with van der Waals surface area (Å²) >= 11 is 0. The zero-order chi connectivity index (χ0) is 9.90. The summed E-state index contributed by atoms with van der Waals surface area (Å²) in [6.45, 7) is 2.07. The molecule has 1 rings (SSSR count). The van der Waals surface area contributed by atoms with Crippen molar-refractivity contribution < 1.29 is 8.42 Å². The molecule has 2 N–H and O–H groups in total. The van der Waals surface area contributed by atoms with Crippen LogP contribution in [0.15, 0.2) is 29.2 Å². The molecule has 0 bridgehead atoms. The monoisotopic (exact) mass is 271 g/mol. The number of hydrogen-bond donors (Lipinski definition) is 1. The fourth-order valence-electron chi connectivity index (χ4n) is 1.000. The maximum Gasteiger partial charge on any atom is 0.178 e. The van der Waals surface area contributed by atoms with Gasteiger partial charge in [-0.25, -0.2) is 8.42 Å². The molecule has 0 saturated carbocycles. The summed E-state index contributed by atoms with van der Waals surface area (Å²) in [6.07, 6.45) is 0. The van der Waals surface area contributed by atoms with E-state index in [4.69, 9.17) is 5.73 Å². The average Bonchev–Trinajstić information content (AvgIpc) is 2.18. The molecule has 0 heterocycles. The van der Waals surface area contributed by atoms with Crippen LogP contribution in [0.1, 0.15) is 12.5 Å². The molecule has 15 heavy (non-hydrogen) atoms. The first-order valence-electron chi connectivity index (χ1n) is 4.12. The van der Waals surface area contributed by atoms with Crippen LogP contribution in [0.4, 0.5) is 0 Å². The molecule has 0 aliphatic rings. The van der Waals surface area contributed by atoms with Crippen molar-refractivity contribution >= 4 is 34.7 Å². The van der Waals surface area contributed by atoms with E-state index < -0.39 is 9.84 Å². The Balaban J connectivity index is 0. The van der Waals surface area contributed by atoms with E-state index in [9.17, 15) is 8.42 Å². The van der Waals surface area contributed by atoms with Crippen molar-refractivity contribution in [1.29, 1.82) is 0 Å². The van der Waals surface area contributed by atoms with Crippen LogP contribution in [0.25, 0.3) is 0 Å². The van der Waals surface area contributed by atoms with Gasteiger partial charge < -0.3 is 5.73 Å². The largest absolute Gasteiger partial charge is 0.326 e. The zero-order valence-electron chi connectivity index (χ0n) is 8.34. The number of sulfone groups is 1. The summed E-state index contributed by atoms with van der Waals surface area (Å²) in [7, 11) is -3.06. The molecule has 0 aromatic heterocycles. The molecule has 88 valence electrons. The van der Waals surface area contributed by atoms with Gasteiger partial charge in [-0.1, -0.05) is 19.1 Å². The van der Waals surface area contributed by atoms with Gasteiger partial charge in [-0.05, 0) is 17.7 Å². The normalized spacial score (nSPS) is 10.0. The molecule has 0 saturated heterocycles. The third-order valence-electron chi connectivity index (χ3n) is 1.90. The SMILES string of the molecule is CCS(=O)(=O)c1ccc(CN)cc1.Cl.Cl. The van der Waals surface area contributed by atoms with Gasteiger partial charge in [-0.3, -0.25) is 0 Å². The van der Waals surface area contributed by atoms with Gasteiger partial charge in [0.2, 0.25) is 0 Å². The van der Waals surface area contributed by atoms with Gasteiger partial charge in [0.1, 0.15) is 0 Å². The van der Waals surface area contributed by atoms with Gasteiger partial charge in [-0.2, -0.15) is 0 Å². The highest BCUT2D eigenvalue weighted by molar-refractivity contribution is 7.91. The maximum absolute atomic E-state index is 11.4. The van der Waals surface area contributed by atoms with E-state index in [1.54, 1.807) is 31.2 Å². The molecule has 0 spiro atoms. The first-order chi connectivity index (χ1) is 6.10. The van der Waals surface area contributed by atoms with Crippen LogP contribution in [0, 0.1) is 0 Å². The van der Waals surface area contributed by atoms with E-state index in [1.165, 1.54) is 0 Å². The fraction of sp³-hybridized carbons (Fsp3) is 0.333. The summed E-state index contributed by atoms with van der Waals surface area (Å²) in [4.78, 5) is 0.368.